The second-order valence-corrected chi connectivity index (χ2v) is 4.10. The van der Waals surface area contributed by atoms with Crippen LogP contribution in [0.4, 0.5) is 0 Å². The minimum atomic E-state index is -1.01. The fourth-order valence-corrected chi connectivity index (χ4v) is 1.90. The summed E-state index contributed by atoms with van der Waals surface area (Å²) in [5.74, 6) is -1.01. The van der Waals surface area contributed by atoms with Crippen molar-refractivity contribution in [2.45, 2.75) is 13.8 Å². The Balaban J connectivity index is 0.000000956. The standard InChI is InChI=1S/C14H8ClNO2.C2H6/c15-13-7-11(14(17)18)5-6-12(13)10-3-1-9(8-16)2-4-10;1-2/h1-7H,(H,17,18);1-2H3. The monoisotopic (exact) mass is 287 g/mol. The number of nitrogens with zero attached hydrogens (tertiary/aromatic N) is 1. The van der Waals surface area contributed by atoms with E-state index < -0.39 is 5.97 Å². The number of rotatable bonds is 2. The molecule has 0 spiro atoms. The van der Waals surface area contributed by atoms with Crippen molar-refractivity contribution in [2.24, 2.45) is 0 Å². The lowest BCUT2D eigenvalue weighted by atomic mass is 10.0. The van der Waals surface area contributed by atoms with E-state index in [2.05, 4.69) is 0 Å². The van der Waals surface area contributed by atoms with Gasteiger partial charge < -0.3 is 5.11 Å². The van der Waals surface area contributed by atoms with E-state index in [1.54, 1.807) is 30.3 Å². The van der Waals surface area contributed by atoms with Gasteiger partial charge in [0.05, 0.1) is 17.2 Å². The summed E-state index contributed by atoms with van der Waals surface area (Å²) in [5.41, 5.74) is 2.30. The van der Waals surface area contributed by atoms with Crippen LogP contribution in [0.2, 0.25) is 5.02 Å². The van der Waals surface area contributed by atoms with E-state index in [0.717, 1.165) is 11.1 Å². The maximum absolute atomic E-state index is 10.8. The van der Waals surface area contributed by atoms with Crippen molar-refractivity contribution in [3.63, 3.8) is 0 Å². The Labute approximate surface area is 123 Å². The molecule has 20 heavy (non-hydrogen) atoms. The van der Waals surface area contributed by atoms with Crippen LogP contribution in [0.25, 0.3) is 11.1 Å². The molecule has 0 fully saturated rings. The second kappa shape index (κ2) is 7.32. The summed E-state index contributed by atoms with van der Waals surface area (Å²) < 4.78 is 0. The molecule has 0 atom stereocenters. The molecule has 0 aliphatic heterocycles. The number of halogens is 1. The first kappa shape index (κ1) is 15.7. The van der Waals surface area contributed by atoms with E-state index in [9.17, 15) is 4.79 Å². The third-order valence-electron chi connectivity index (χ3n) is 2.54. The lowest BCUT2D eigenvalue weighted by Crippen LogP contribution is -1.95. The van der Waals surface area contributed by atoms with Crippen LogP contribution in [0.15, 0.2) is 42.5 Å². The first-order valence-electron chi connectivity index (χ1n) is 6.15. The van der Waals surface area contributed by atoms with Gasteiger partial charge in [0.15, 0.2) is 0 Å². The zero-order valence-electron chi connectivity index (χ0n) is 11.2. The summed E-state index contributed by atoms with van der Waals surface area (Å²) in [6.45, 7) is 4.00. The molecule has 0 aliphatic rings. The molecule has 0 amide bonds. The van der Waals surface area contributed by atoms with Gasteiger partial charge in [-0.1, -0.05) is 43.6 Å². The number of aromatic carboxylic acids is 1. The van der Waals surface area contributed by atoms with E-state index in [0.29, 0.717) is 10.6 Å². The number of hydrogen-bond donors (Lipinski definition) is 1. The molecule has 0 radical (unpaired) electrons. The van der Waals surface area contributed by atoms with Gasteiger partial charge in [0, 0.05) is 10.6 Å². The maximum atomic E-state index is 10.8. The quantitative estimate of drug-likeness (QED) is 0.878. The molecular formula is C16H14ClNO2. The smallest absolute Gasteiger partial charge is 0.335 e. The summed E-state index contributed by atoms with van der Waals surface area (Å²) in [6, 6.07) is 13.5. The minimum Gasteiger partial charge on any atom is -0.478 e. The number of nitriles is 1. The van der Waals surface area contributed by atoms with Gasteiger partial charge in [-0.3, -0.25) is 0 Å². The predicted molar refractivity (Wildman–Crippen MR) is 79.9 cm³/mol. The summed E-state index contributed by atoms with van der Waals surface area (Å²) in [5, 5.41) is 17.9. The fraction of sp³-hybridized carbons (Fsp3) is 0.125. The Kier molecular flexibility index (Phi) is 5.76. The van der Waals surface area contributed by atoms with Crippen molar-refractivity contribution in [1.29, 1.82) is 5.26 Å². The first-order chi connectivity index (χ1) is 9.61. The zero-order chi connectivity index (χ0) is 15.1. The number of benzene rings is 2. The van der Waals surface area contributed by atoms with Gasteiger partial charge in [0.25, 0.3) is 0 Å². The van der Waals surface area contributed by atoms with Crippen molar-refractivity contribution < 1.29 is 9.90 Å². The molecule has 0 saturated carbocycles. The van der Waals surface area contributed by atoms with Crippen molar-refractivity contribution >= 4 is 17.6 Å². The minimum absolute atomic E-state index is 0.150. The summed E-state index contributed by atoms with van der Waals surface area (Å²) in [4.78, 5) is 10.8. The Morgan fingerprint density at radius 2 is 1.75 bits per heavy atom. The van der Waals surface area contributed by atoms with Crippen LogP contribution >= 0.6 is 11.6 Å². The third-order valence-corrected chi connectivity index (χ3v) is 2.85. The Morgan fingerprint density at radius 3 is 2.20 bits per heavy atom. The van der Waals surface area contributed by atoms with Crippen LogP contribution in [0.1, 0.15) is 29.8 Å². The zero-order valence-corrected chi connectivity index (χ0v) is 12.0. The Hall–Kier alpha value is -2.31. The number of hydrogen-bond acceptors (Lipinski definition) is 2. The maximum Gasteiger partial charge on any atom is 0.335 e. The molecule has 102 valence electrons. The number of carbonyl (C=O) groups is 1. The van der Waals surface area contributed by atoms with E-state index in [4.69, 9.17) is 22.0 Å². The largest absolute Gasteiger partial charge is 0.478 e. The highest BCUT2D eigenvalue weighted by Gasteiger charge is 2.08. The van der Waals surface area contributed by atoms with Crippen LogP contribution in [0.3, 0.4) is 0 Å². The molecule has 0 saturated heterocycles. The molecular weight excluding hydrogens is 274 g/mol. The normalized spacial score (nSPS) is 9.10. The molecule has 0 aromatic heterocycles. The average molecular weight is 288 g/mol. The average Bonchev–Trinajstić information content (AvgIpc) is 2.49. The van der Waals surface area contributed by atoms with Crippen LogP contribution < -0.4 is 0 Å². The van der Waals surface area contributed by atoms with Crippen LogP contribution in [-0.4, -0.2) is 11.1 Å². The van der Waals surface area contributed by atoms with Gasteiger partial charge in [-0.2, -0.15) is 5.26 Å². The molecule has 1 N–H and O–H groups in total. The summed E-state index contributed by atoms with van der Waals surface area (Å²) in [6.07, 6.45) is 0. The molecule has 0 bridgehead atoms. The van der Waals surface area contributed by atoms with Gasteiger partial charge in [-0.15, -0.1) is 0 Å². The fourth-order valence-electron chi connectivity index (χ4n) is 1.61. The number of carboxylic acids is 1. The van der Waals surface area contributed by atoms with Crippen molar-refractivity contribution in [1.82, 2.24) is 0 Å². The van der Waals surface area contributed by atoms with Crippen molar-refractivity contribution in [3.8, 4) is 17.2 Å². The SMILES string of the molecule is CC.N#Cc1ccc(-c2ccc(C(=O)O)cc2Cl)cc1. The molecule has 2 rings (SSSR count). The molecule has 0 aliphatic carbocycles. The van der Waals surface area contributed by atoms with Crippen molar-refractivity contribution in [2.75, 3.05) is 0 Å². The topological polar surface area (TPSA) is 61.1 Å². The predicted octanol–water partition coefficient (Wildman–Crippen LogP) is 4.60. The number of carboxylic acid groups (broad SMARTS) is 1. The summed E-state index contributed by atoms with van der Waals surface area (Å²) >= 11 is 6.05. The Bertz CT molecular complexity index is 643. The van der Waals surface area contributed by atoms with Crippen molar-refractivity contribution in [3.05, 3.63) is 58.6 Å². The highest BCUT2D eigenvalue weighted by atomic mass is 35.5. The molecule has 0 unspecified atom stereocenters. The first-order valence-corrected chi connectivity index (χ1v) is 6.53. The van der Waals surface area contributed by atoms with E-state index in [-0.39, 0.29) is 5.56 Å². The van der Waals surface area contributed by atoms with E-state index in [1.807, 2.05) is 19.9 Å². The molecule has 2 aromatic carbocycles. The third kappa shape index (κ3) is 3.59. The lowest BCUT2D eigenvalue weighted by molar-refractivity contribution is 0.0697. The molecule has 3 nitrogen and oxygen atoms in total. The summed E-state index contributed by atoms with van der Waals surface area (Å²) in [7, 11) is 0. The van der Waals surface area contributed by atoms with Gasteiger partial charge >= 0.3 is 5.97 Å². The lowest BCUT2D eigenvalue weighted by Gasteiger charge is -2.05. The van der Waals surface area contributed by atoms with Gasteiger partial charge in [0.1, 0.15) is 0 Å². The van der Waals surface area contributed by atoms with E-state index in [1.165, 1.54) is 12.1 Å². The molecule has 4 heteroatoms. The van der Waals surface area contributed by atoms with Crippen LogP contribution in [0.5, 0.6) is 0 Å². The van der Waals surface area contributed by atoms with Crippen LogP contribution in [0, 0.1) is 11.3 Å². The molecule has 0 heterocycles. The van der Waals surface area contributed by atoms with Crippen LogP contribution in [-0.2, 0) is 0 Å². The molecule has 2 aromatic rings. The Morgan fingerprint density at radius 1 is 1.15 bits per heavy atom. The van der Waals surface area contributed by atoms with Gasteiger partial charge in [0.2, 0.25) is 0 Å². The highest BCUT2D eigenvalue weighted by Crippen LogP contribution is 2.28. The second-order valence-electron chi connectivity index (χ2n) is 3.69. The van der Waals surface area contributed by atoms with Gasteiger partial charge in [-0.05, 0) is 29.8 Å². The highest BCUT2D eigenvalue weighted by molar-refractivity contribution is 6.33. The van der Waals surface area contributed by atoms with Gasteiger partial charge in [-0.25, -0.2) is 4.79 Å². The van der Waals surface area contributed by atoms with E-state index >= 15 is 0 Å².